The number of nitrogens with one attached hydrogen (secondary N) is 1. The van der Waals surface area contributed by atoms with Crippen molar-refractivity contribution in [3.63, 3.8) is 0 Å². The molecular formula is C19H25N5. The Morgan fingerprint density at radius 1 is 1.08 bits per heavy atom. The number of aromatic nitrogens is 3. The van der Waals surface area contributed by atoms with Gasteiger partial charge < -0.3 is 14.8 Å². The Hall–Kier alpha value is -2.40. The van der Waals surface area contributed by atoms with Gasteiger partial charge in [0.15, 0.2) is 0 Å². The van der Waals surface area contributed by atoms with Gasteiger partial charge in [-0.05, 0) is 58.6 Å². The maximum absolute atomic E-state index is 4.56. The zero-order valence-electron chi connectivity index (χ0n) is 14.9. The third kappa shape index (κ3) is 3.26. The lowest BCUT2D eigenvalue weighted by molar-refractivity contribution is 0.387. The SMILES string of the molecule is Cc1c(C)n(CCCN(C)C)c2ncnc(Nc3ccccc3)c12. The summed E-state index contributed by atoms with van der Waals surface area (Å²) < 4.78 is 2.31. The molecule has 3 rings (SSSR count). The van der Waals surface area contributed by atoms with E-state index in [1.54, 1.807) is 6.33 Å². The molecule has 0 radical (unpaired) electrons. The summed E-state index contributed by atoms with van der Waals surface area (Å²) in [5.41, 5.74) is 4.56. The summed E-state index contributed by atoms with van der Waals surface area (Å²) >= 11 is 0. The highest BCUT2D eigenvalue weighted by Crippen LogP contribution is 2.30. The number of rotatable bonds is 6. The average molecular weight is 323 g/mol. The predicted octanol–water partition coefficient (Wildman–Crippen LogP) is 3.74. The van der Waals surface area contributed by atoms with Gasteiger partial charge in [-0.25, -0.2) is 9.97 Å². The number of anilines is 2. The monoisotopic (exact) mass is 323 g/mol. The van der Waals surface area contributed by atoms with Crippen LogP contribution in [0.15, 0.2) is 36.7 Å². The Morgan fingerprint density at radius 2 is 1.83 bits per heavy atom. The van der Waals surface area contributed by atoms with Crippen LogP contribution in [0, 0.1) is 13.8 Å². The minimum absolute atomic E-state index is 0.873. The number of hydrogen-bond donors (Lipinski definition) is 1. The Kier molecular flexibility index (Phi) is 4.81. The van der Waals surface area contributed by atoms with E-state index in [-0.39, 0.29) is 0 Å². The summed E-state index contributed by atoms with van der Waals surface area (Å²) in [5, 5.41) is 4.54. The molecule has 2 heterocycles. The van der Waals surface area contributed by atoms with E-state index >= 15 is 0 Å². The van der Waals surface area contributed by atoms with Gasteiger partial charge in [0.25, 0.3) is 0 Å². The third-order valence-corrected chi connectivity index (χ3v) is 4.43. The van der Waals surface area contributed by atoms with Gasteiger partial charge in [-0.15, -0.1) is 0 Å². The Bertz CT molecular complexity index is 821. The van der Waals surface area contributed by atoms with Crippen molar-refractivity contribution >= 4 is 22.5 Å². The molecule has 0 unspecified atom stereocenters. The second kappa shape index (κ2) is 7.01. The maximum Gasteiger partial charge on any atom is 0.145 e. The standard InChI is InChI=1S/C19H25N5/c1-14-15(2)24(12-8-11-23(3)4)19-17(14)18(20-13-21-19)22-16-9-6-5-7-10-16/h5-7,9-10,13H,8,11-12H2,1-4H3,(H,20,21,22). The third-order valence-electron chi connectivity index (χ3n) is 4.43. The molecule has 3 aromatic rings. The summed E-state index contributed by atoms with van der Waals surface area (Å²) in [4.78, 5) is 11.3. The summed E-state index contributed by atoms with van der Waals surface area (Å²) in [6, 6.07) is 10.1. The van der Waals surface area contributed by atoms with Crippen LogP contribution >= 0.6 is 0 Å². The van der Waals surface area contributed by atoms with Crippen molar-refractivity contribution < 1.29 is 0 Å². The van der Waals surface area contributed by atoms with Gasteiger partial charge in [0.1, 0.15) is 17.8 Å². The van der Waals surface area contributed by atoms with Crippen molar-refractivity contribution in [3.05, 3.63) is 47.9 Å². The molecule has 2 aromatic heterocycles. The fraction of sp³-hybridized carbons (Fsp3) is 0.368. The van der Waals surface area contributed by atoms with Gasteiger partial charge in [-0.2, -0.15) is 0 Å². The number of benzene rings is 1. The lowest BCUT2D eigenvalue weighted by Crippen LogP contribution is -2.15. The van der Waals surface area contributed by atoms with E-state index in [1.165, 1.54) is 11.3 Å². The van der Waals surface area contributed by atoms with Gasteiger partial charge in [-0.3, -0.25) is 0 Å². The van der Waals surface area contributed by atoms with E-state index in [0.29, 0.717) is 0 Å². The number of nitrogens with zero attached hydrogens (tertiary/aromatic N) is 4. The Balaban J connectivity index is 1.98. The van der Waals surface area contributed by atoms with Crippen LogP contribution in [0.1, 0.15) is 17.7 Å². The molecule has 126 valence electrons. The molecule has 0 amide bonds. The summed E-state index contributed by atoms with van der Waals surface area (Å²) in [6.07, 6.45) is 2.75. The lowest BCUT2D eigenvalue weighted by atomic mass is 10.2. The van der Waals surface area contributed by atoms with Gasteiger partial charge >= 0.3 is 0 Å². The van der Waals surface area contributed by atoms with Crippen LogP contribution in [-0.2, 0) is 6.54 Å². The highest BCUT2D eigenvalue weighted by atomic mass is 15.1. The molecule has 0 atom stereocenters. The van der Waals surface area contributed by atoms with E-state index in [4.69, 9.17) is 0 Å². The van der Waals surface area contributed by atoms with E-state index < -0.39 is 0 Å². The molecule has 0 saturated heterocycles. The molecule has 0 spiro atoms. The quantitative estimate of drug-likeness (QED) is 0.750. The van der Waals surface area contributed by atoms with Crippen molar-refractivity contribution in [1.82, 2.24) is 19.4 Å². The fourth-order valence-corrected chi connectivity index (χ4v) is 3.04. The highest BCUT2D eigenvalue weighted by molar-refractivity contribution is 5.93. The average Bonchev–Trinajstić information content (AvgIpc) is 2.81. The molecule has 1 aromatic carbocycles. The summed E-state index contributed by atoms with van der Waals surface area (Å²) in [6.45, 7) is 6.35. The minimum Gasteiger partial charge on any atom is -0.340 e. The van der Waals surface area contributed by atoms with Crippen LogP contribution in [-0.4, -0.2) is 40.1 Å². The van der Waals surface area contributed by atoms with E-state index in [9.17, 15) is 0 Å². The molecule has 24 heavy (non-hydrogen) atoms. The van der Waals surface area contributed by atoms with Crippen LogP contribution in [0.2, 0.25) is 0 Å². The largest absolute Gasteiger partial charge is 0.340 e. The van der Waals surface area contributed by atoms with Gasteiger partial charge in [0.2, 0.25) is 0 Å². The van der Waals surface area contributed by atoms with Gasteiger partial charge in [-0.1, -0.05) is 18.2 Å². The number of fused-ring (bicyclic) bond motifs is 1. The second-order valence-corrected chi connectivity index (χ2v) is 6.43. The first kappa shape index (κ1) is 16.5. The normalized spacial score (nSPS) is 11.4. The zero-order chi connectivity index (χ0) is 17.1. The molecule has 5 heteroatoms. The molecule has 0 aliphatic carbocycles. The summed E-state index contributed by atoms with van der Waals surface area (Å²) in [5.74, 6) is 0.873. The van der Waals surface area contributed by atoms with Crippen molar-refractivity contribution in [2.45, 2.75) is 26.8 Å². The predicted molar refractivity (Wildman–Crippen MR) is 99.9 cm³/mol. The lowest BCUT2D eigenvalue weighted by Gasteiger charge is -2.12. The first-order valence-corrected chi connectivity index (χ1v) is 8.35. The maximum atomic E-state index is 4.56. The summed E-state index contributed by atoms with van der Waals surface area (Å²) in [7, 11) is 4.21. The Labute approximate surface area is 143 Å². The smallest absolute Gasteiger partial charge is 0.145 e. The number of aryl methyl sites for hydroxylation is 2. The van der Waals surface area contributed by atoms with E-state index in [1.807, 2.05) is 30.3 Å². The molecule has 0 fully saturated rings. The molecule has 0 bridgehead atoms. The molecular weight excluding hydrogens is 298 g/mol. The van der Waals surface area contributed by atoms with E-state index in [2.05, 4.69) is 52.7 Å². The molecule has 5 nitrogen and oxygen atoms in total. The molecule has 0 saturated carbocycles. The molecule has 0 aliphatic heterocycles. The highest BCUT2D eigenvalue weighted by Gasteiger charge is 2.16. The van der Waals surface area contributed by atoms with Crippen molar-refractivity contribution in [1.29, 1.82) is 0 Å². The van der Waals surface area contributed by atoms with Crippen LogP contribution in [0.3, 0.4) is 0 Å². The van der Waals surface area contributed by atoms with Crippen LogP contribution in [0.5, 0.6) is 0 Å². The first-order chi connectivity index (χ1) is 11.6. The van der Waals surface area contributed by atoms with Crippen LogP contribution in [0.25, 0.3) is 11.0 Å². The Morgan fingerprint density at radius 3 is 2.54 bits per heavy atom. The molecule has 1 N–H and O–H groups in total. The van der Waals surface area contributed by atoms with Crippen molar-refractivity contribution in [3.8, 4) is 0 Å². The number of para-hydroxylation sites is 1. The van der Waals surface area contributed by atoms with Crippen LogP contribution < -0.4 is 5.32 Å². The minimum atomic E-state index is 0.873. The number of hydrogen-bond acceptors (Lipinski definition) is 4. The fourth-order valence-electron chi connectivity index (χ4n) is 3.04. The molecule has 0 aliphatic rings. The zero-order valence-corrected chi connectivity index (χ0v) is 14.9. The van der Waals surface area contributed by atoms with Crippen LogP contribution in [0.4, 0.5) is 11.5 Å². The van der Waals surface area contributed by atoms with Crippen molar-refractivity contribution in [2.75, 3.05) is 26.0 Å². The van der Waals surface area contributed by atoms with E-state index in [0.717, 1.165) is 42.0 Å². The second-order valence-electron chi connectivity index (χ2n) is 6.43. The van der Waals surface area contributed by atoms with Crippen molar-refractivity contribution in [2.24, 2.45) is 0 Å². The van der Waals surface area contributed by atoms with Gasteiger partial charge in [0, 0.05) is 17.9 Å². The van der Waals surface area contributed by atoms with Gasteiger partial charge in [0.05, 0.1) is 5.39 Å². The first-order valence-electron chi connectivity index (χ1n) is 8.35. The topological polar surface area (TPSA) is 46.0 Å².